The molecular weight excluding hydrogens is 248 g/mol. The predicted molar refractivity (Wildman–Crippen MR) is 80.4 cm³/mol. The second kappa shape index (κ2) is 5.83. The molecule has 0 aromatic heterocycles. The molecule has 0 fully saturated rings. The van der Waals surface area contributed by atoms with Gasteiger partial charge in [0.05, 0.1) is 11.7 Å². The molecule has 0 amide bonds. The predicted octanol–water partition coefficient (Wildman–Crippen LogP) is 4.09. The van der Waals surface area contributed by atoms with Crippen LogP contribution in [0.25, 0.3) is 0 Å². The fourth-order valence-electron chi connectivity index (χ4n) is 1.93. The molecule has 0 saturated carbocycles. The molecule has 0 aliphatic carbocycles. The van der Waals surface area contributed by atoms with Crippen LogP contribution in [0.15, 0.2) is 34.2 Å². The van der Waals surface area contributed by atoms with E-state index >= 15 is 0 Å². The summed E-state index contributed by atoms with van der Waals surface area (Å²) in [5.74, 6) is 0. The van der Waals surface area contributed by atoms with Crippen molar-refractivity contribution >= 4 is 34.4 Å². The van der Waals surface area contributed by atoms with E-state index in [2.05, 4.69) is 54.7 Å². The Hall–Kier alpha value is -0.610. The maximum atomic E-state index is 4.66. The Morgan fingerprint density at radius 3 is 2.82 bits per heavy atom. The van der Waals surface area contributed by atoms with Gasteiger partial charge in [-0.15, -0.1) is 11.8 Å². The smallest absolute Gasteiger partial charge is 0.161 e. The minimum absolute atomic E-state index is 0.426. The zero-order valence-electron chi connectivity index (χ0n) is 10.4. The Kier molecular flexibility index (Phi) is 4.40. The number of para-hydroxylation sites is 1. The highest BCUT2D eigenvalue weighted by Gasteiger charge is 2.18. The van der Waals surface area contributed by atoms with Crippen LogP contribution in [-0.4, -0.2) is 22.7 Å². The van der Waals surface area contributed by atoms with E-state index in [1.807, 2.05) is 11.8 Å². The Morgan fingerprint density at radius 1 is 1.35 bits per heavy atom. The monoisotopic (exact) mass is 266 g/mol. The maximum Gasteiger partial charge on any atom is 0.161 e. The van der Waals surface area contributed by atoms with Crippen molar-refractivity contribution in [2.24, 2.45) is 4.99 Å². The van der Waals surface area contributed by atoms with Crippen LogP contribution in [0, 0.1) is 0 Å². The van der Waals surface area contributed by atoms with Gasteiger partial charge in [-0.2, -0.15) is 0 Å². The van der Waals surface area contributed by atoms with Gasteiger partial charge in [0.25, 0.3) is 0 Å². The molecule has 1 aromatic rings. The van der Waals surface area contributed by atoms with Crippen LogP contribution in [0.2, 0.25) is 0 Å². The lowest BCUT2D eigenvalue weighted by atomic mass is 10.2. The summed E-state index contributed by atoms with van der Waals surface area (Å²) in [6, 6.07) is 8.79. The molecule has 0 spiro atoms. The number of nitrogens with zero attached hydrogens (tertiary/aromatic N) is 1. The van der Waals surface area contributed by atoms with E-state index in [-0.39, 0.29) is 0 Å². The van der Waals surface area contributed by atoms with Crippen LogP contribution in [0.1, 0.15) is 20.3 Å². The van der Waals surface area contributed by atoms with Crippen LogP contribution < -0.4 is 5.32 Å². The third kappa shape index (κ3) is 3.42. The molecule has 2 rings (SSSR count). The van der Waals surface area contributed by atoms with Crippen molar-refractivity contribution < 1.29 is 0 Å². The lowest BCUT2D eigenvalue weighted by Gasteiger charge is -2.23. The van der Waals surface area contributed by atoms with E-state index < -0.39 is 0 Å². The molecule has 1 aromatic carbocycles. The van der Waals surface area contributed by atoms with E-state index in [1.54, 1.807) is 11.8 Å². The summed E-state index contributed by atoms with van der Waals surface area (Å²) < 4.78 is 0. The Morgan fingerprint density at radius 2 is 2.12 bits per heavy atom. The standard InChI is InChI=1S/C13H18N2S2/c1-9-8-10(2)17-13(14-9)15-11-6-4-5-7-12(11)16-3/h4-7,9-10H,8H2,1-3H3,(H,14,15). The first-order valence-corrected chi connectivity index (χ1v) is 7.94. The van der Waals surface area contributed by atoms with Gasteiger partial charge in [0.2, 0.25) is 0 Å². The van der Waals surface area contributed by atoms with Crippen molar-refractivity contribution in [2.75, 3.05) is 11.6 Å². The fourth-order valence-corrected chi connectivity index (χ4v) is 3.65. The lowest BCUT2D eigenvalue weighted by molar-refractivity contribution is 0.661. The van der Waals surface area contributed by atoms with Crippen molar-refractivity contribution in [1.29, 1.82) is 0 Å². The van der Waals surface area contributed by atoms with Crippen LogP contribution in [0.3, 0.4) is 0 Å². The highest BCUT2D eigenvalue weighted by Crippen LogP contribution is 2.29. The zero-order chi connectivity index (χ0) is 12.3. The molecule has 2 unspecified atom stereocenters. The number of rotatable bonds is 2. The second-order valence-corrected chi connectivity index (χ2v) is 6.55. The Bertz CT molecular complexity index is 418. The second-order valence-electron chi connectivity index (χ2n) is 4.27. The minimum atomic E-state index is 0.426. The molecule has 1 N–H and O–H groups in total. The number of amidine groups is 1. The van der Waals surface area contributed by atoms with E-state index in [0.717, 1.165) is 10.9 Å². The van der Waals surface area contributed by atoms with Crippen molar-refractivity contribution in [1.82, 2.24) is 0 Å². The van der Waals surface area contributed by atoms with Crippen LogP contribution in [-0.2, 0) is 0 Å². The summed E-state index contributed by atoms with van der Waals surface area (Å²) >= 11 is 3.59. The largest absolute Gasteiger partial charge is 0.334 e. The normalized spacial score (nSPS) is 24.3. The Balaban J connectivity index is 2.15. The van der Waals surface area contributed by atoms with Crippen molar-refractivity contribution in [3.05, 3.63) is 24.3 Å². The number of thioether (sulfide) groups is 2. The van der Waals surface area contributed by atoms with Crippen LogP contribution in [0.5, 0.6) is 0 Å². The highest BCUT2D eigenvalue weighted by atomic mass is 32.2. The summed E-state index contributed by atoms with van der Waals surface area (Å²) in [5.41, 5.74) is 1.16. The molecule has 1 aliphatic rings. The van der Waals surface area contributed by atoms with Gasteiger partial charge in [-0.05, 0) is 31.7 Å². The van der Waals surface area contributed by atoms with Gasteiger partial charge < -0.3 is 5.32 Å². The van der Waals surface area contributed by atoms with Gasteiger partial charge in [0.15, 0.2) is 5.17 Å². The molecule has 17 heavy (non-hydrogen) atoms. The van der Waals surface area contributed by atoms with Gasteiger partial charge in [-0.25, -0.2) is 0 Å². The van der Waals surface area contributed by atoms with E-state index in [4.69, 9.17) is 0 Å². The van der Waals surface area contributed by atoms with Crippen LogP contribution in [0.4, 0.5) is 5.69 Å². The number of aliphatic imine (C=N–C) groups is 1. The fraction of sp³-hybridized carbons (Fsp3) is 0.462. The third-order valence-electron chi connectivity index (χ3n) is 2.67. The zero-order valence-corrected chi connectivity index (χ0v) is 12.1. The average Bonchev–Trinajstić information content (AvgIpc) is 2.28. The summed E-state index contributed by atoms with van der Waals surface area (Å²) in [7, 11) is 0. The molecule has 4 heteroatoms. The summed E-state index contributed by atoms with van der Waals surface area (Å²) in [5, 5.41) is 5.15. The van der Waals surface area contributed by atoms with Crippen molar-refractivity contribution in [3.63, 3.8) is 0 Å². The highest BCUT2D eigenvalue weighted by molar-refractivity contribution is 8.14. The number of hydrogen-bond acceptors (Lipinski definition) is 4. The van der Waals surface area contributed by atoms with Crippen molar-refractivity contribution in [2.45, 2.75) is 36.5 Å². The van der Waals surface area contributed by atoms with Gasteiger partial charge in [-0.1, -0.05) is 30.8 Å². The van der Waals surface area contributed by atoms with E-state index in [9.17, 15) is 0 Å². The first-order valence-electron chi connectivity index (χ1n) is 5.83. The Labute approximate surface area is 112 Å². The quantitative estimate of drug-likeness (QED) is 0.816. The maximum absolute atomic E-state index is 4.66. The number of nitrogens with one attached hydrogen (secondary N) is 1. The average molecular weight is 266 g/mol. The van der Waals surface area contributed by atoms with Gasteiger partial charge in [0.1, 0.15) is 0 Å². The minimum Gasteiger partial charge on any atom is -0.334 e. The summed E-state index contributed by atoms with van der Waals surface area (Å²) in [6.07, 6.45) is 3.27. The molecule has 1 heterocycles. The van der Waals surface area contributed by atoms with E-state index in [1.165, 1.54) is 11.3 Å². The van der Waals surface area contributed by atoms with Gasteiger partial charge in [-0.3, -0.25) is 4.99 Å². The molecule has 92 valence electrons. The van der Waals surface area contributed by atoms with Crippen molar-refractivity contribution in [3.8, 4) is 0 Å². The lowest BCUT2D eigenvalue weighted by Crippen LogP contribution is -2.22. The first kappa shape index (κ1) is 12.8. The topological polar surface area (TPSA) is 24.4 Å². The molecule has 0 bridgehead atoms. The summed E-state index contributed by atoms with van der Waals surface area (Å²) in [6.45, 7) is 4.44. The molecular formula is C13H18N2S2. The molecule has 0 radical (unpaired) electrons. The van der Waals surface area contributed by atoms with Gasteiger partial charge >= 0.3 is 0 Å². The van der Waals surface area contributed by atoms with E-state index in [0.29, 0.717) is 11.3 Å². The SMILES string of the molecule is CSc1ccccc1NC1=NC(C)CC(C)S1. The number of anilines is 1. The van der Waals surface area contributed by atoms with Crippen LogP contribution >= 0.6 is 23.5 Å². The molecule has 1 aliphatic heterocycles. The van der Waals surface area contributed by atoms with Gasteiger partial charge in [0, 0.05) is 10.1 Å². The number of benzene rings is 1. The first-order chi connectivity index (χ1) is 8.19. The molecule has 0 saturated heterocycles. The molecule has 2 nitrogen and oxygen atoms in total. The third-order valence-corrected chi connectivity index (χ3v) is 4.49. The summed E-state index contributed by atoms with van der Waals surface area (Å²) in [4.78, 5) is 5.93. The number of hydrogen-bond donors (Lipinski definition) is 1. The molecule has 2 atom stereocenters.